The highest BCUT2D eigenvalue weighted by Gasteiger charge is 2.11. The van der Waals surface area contributed by atoms with E-state index in [-0.39, 0.29) is 0 Å². The Kier molecular flexibility index (Phi) is 6.06. The second-order valence-corrected chi connectivity index (χ2v) is 6.65. The molecular formula is C23H26N2O3. The van der Waals surface area contributed by atoms with Crippen LogP contribution in [0.4, 0.5) is 5.69 Å². The van der Waals surface area contributed by atoms with Crippen molar-refractivity contribution in [3.05, 3.63) is 77.4 Å². The van der Waals surface area contributed by atoms with E-state index in [2.05, 4.69) is 13.0 Å². The molecule has 0 aromatic heterocycles. The monoisotopic (exact) mass is 378 g/mol. The minimum atomic E-state index is 0.442. The largest absolute Gasteiger partial charge is 0.493 e. The molecule has 0 radical (unpaired) electrons. The summed E-state index contributed by atoms with van der Waals surface area (Å²) in [5.74, 6) is 8.85. The highest BCUT2D eigenvalue weighted by atomic mass is 16.5. The number of aryl methyl sites for hydroxylation is 2. The number of nitrogens with two attached hydrogens (primary N) is 1. The predicted octanol–water partition coefficient (Wildman–Crippen LogP) is 4.99. The van der Waals surface area contributed by atoms with E-state index in [1.165, 1.54) is 0 Å². The molecule has 0 spiro atoms. The van der Waals surface area contributed by atoms with Crippen LogP contribution in [0.15, 0.2) is 60.7 Å². The van der Waals surface area contributed by atoms with Gasteiger partial charge in [0.15, 0.2) is 11.5 Å². The van der Waals surface area contributed by atoms with Crippen LogP contribution in [0.1, 0.15) is 16.7 Å². The zero-order valence-corrected chi connectivity index (χ0v) is 16.7. The first-order valence-electron chi connectivity index (χ1n) is 9.11. The molecule has 2 N–H and O–H groups in total. The summed E-state index contributed by atoms with van der Waals surface area (Å²) in [4.78, 5) is 0. The van der Waals surface area contributed by atoms with Gasteiger partial charge < -0.3 is 19.2 Å². The quantitative estimate of drug-likeness (QED) is 0.463. The summed E-state index contributed by atoms with van der Waals surface area (Å²) >= 11 is 0. The molecule has 0 heterocycles. The van der Waals surface area contributed by atoms with Crippen LogP contribution < -0.4 is 25.1 Å². The number of hydrogen-bond acceptors (Lipinski definition) is 5. The van der Waals surface area contributed by atoms with Crippen molar-refractivity contribution in [3.8, 4) is 23.0 Å². The zero-order valence-electron chi connectivity index (χ0n) is 16.7. The number of anilines is 1. The Morgan fingerprint density at radius 2 is 1.61 bits per heavy atom. The lowest BCUT2D eigenvalue weighted by Crippen LogP contribution is -2.26. The lowest BCUT2D eigenvalue weighted by atomic mass is 10.1. The number of rotatable bonds is 7. The molecule has 0 aliphatic rings. The topological polar surface area (TPSA) is 57.0 Å². The van der Waals surface area contributed by atoms with Crippen molar-refractivity contribution < 1.29 is 14.2 Å². The van der Waals surface area contributed by atoms with Crippen LogP contribution in [0.5, 0.6) is 23.0 Å². The molecule has 0 amide bonds. The number of ether oxygens (including phenoxy) is 3. The van der Waals surface area contributed by atoms with Crippen LogP contribution in [0, 0.1) is 13.8 Å². The lowest BCUT2D eigenvalue weighted by molar-refractivity contribution is 0.303. The summed E-state index contributed by atoms with van der Waals surface area (Å²) in [5, 5.41) is 1.61. The highest BCUT2D eigenvalue weighted by molar-refractivity contribution is 5.55. The first-order valence-corrected chi connectivity index (χ1v) is 9.11. The van der Waals surface area contributed by atoms with Crippen molar-refractivity contribution in [1.82, 2.24) is 0 Å². The fourth-order valence-electron chi connectivity index (χ4n) is 3.03. The maximum atomic E-state index is 6.08. The number of hydrazine groups is 1. The maximum Gasteiger partial charge on any atom is 0.169 e. The van der Waals surface area contributed by atoms with Gasteiger partial charge in [-0.3, -0.25) is 0 Å². The third-order valence-electron chi connectivity index (χ3n) is 4.58. The Hall–Kier alpha value is -3.18. The highest BCUT2D eigenvalue weighted by Crippen LogP contribution is 2.33. The molecule has 0 aliphatic carbocycles. The molecule has 0 aliphatic heterocycles. The molecule has 3 aromatic carbocycles. The molecule has 3 aromatic rings. The van der Waals surface area contributed by atoms with Crippen molar-refractivity contribution in [3.63, 3.8) is 0 Å². The molecule has 0 atom stereocenters. The van der Waals surface area contributed by atoms with E-state index in [1.54, 1.807) is 12.1 Å². The number of para-hydroxylation sites is 2. The Morgan fingerprint density at radius 3 is 2.29 bits per heavy atom. The molecule has 0 saturated carbocycles. The van der Waals surface area contributed by atoms with E-state index in [4.69, 9.17) is 20.1 Å². The molecule has 0 saturated heterocycles. The van der Waals surface area contributed by atoms with E-state index in [1.807, 2.05) is 68.6 Å². The normalized spacial score (nSPS) is 10.5. The van der Waals surface area contributed by atoms with Crippen LogP contribution in [-0.4, -0.2) is 14.2 Å². The number of hydrogen-bond donors (Lipinski definition) is 1. The third-order valence-corrected chi connectivity index (χ3v) is 4.58. The molecule has 146 valence electrons. The second-order valence-electron chi connectivity index (χ2n) is 6.65. The first kappa shape index (κ1) is 19.6. The first-order chi connectivity index (χ1) is 13.5. The summed E-state index contributed by atoms with van der Waals surface area (Å²) in [6.07, 6.45) is 0. The van der Waals surface area contributed by atoms with Gasteiger partial charge in [-0.15, -0.1) is 0 Å². The van der Waals surface area contributed by atoms with Gasteiger partial charge in [0.05, 0.1) is 12.8 Å². The van der Waals surface area contributed by atoms with Gasteiger partial charge in [-0.1, -0.05) is 24.3 Å². The van der Waals surface area contributed by atoms with Gasteiger partial charge in [-0.2, -0.15) is 0 Å². The SMILES string of the molecule is COc1ccccc1Oc1ccc(OCc2c(C)cccc2N(C)N)c(C)c1. The molecular weight excluding hydrogens is 352 g/mol. The summed E-state index contributed by atoms with van der Waals surface area (Å²) in [6.45, 7) is 4.50. The molecule has 3 rings (SSSR count). The van der Waals surface area contributed by atoms with Gasteiger partial charge >= 0.3 is 0 Å². The van der Waals surface area contributed by atoms with Gasteiger partial charge in [0, 0.05) is 12.6 Å². The van der Waals surface area contributed by atoms with Crippen molar-refractivity contribution >= 4 is 5.69 Å². The van der Waals surface area contributed by atoms with Gasteiger partial charge in [-0.25, -0.2) is 5.84 Å². The average molecular weight is 378 g/mol. The third kappa shape index (κ3) is 4.38. The van der Waals surface area contributed by atoms with E-state index < -0.39 is 0 Å². The van der Waals surface area contributed by atoms with Crippen LogP contribution in [0.2, 0.25) is 0 Å². The van der Waals surface area contributed by atoms with Gasteiger partial charge in [0.25, 0.3) is 0 Å². The Bertz CT molecular complexity index is 954. The fourth-order valence-corrected chi connectivity index (χ4v) is 3.03. The fraction of sp³-hybridized carbons (Fsp3) is 0.217. The maximum absolute atomic E-state index is 6.08. The molecule has 0 fully saturated rings. The predicted molar refractivity (Wildman–Crippen MR) is 112 cm³/mol. The van der Waals surface area contributed by atoms with E-state index in [0.29, 0.717) is 18.1 Å². The van der Waals surface area contributed by atoms with Crippen molar-refractivity contribution in [1.29, 1.82) is 0 Å². The summed E-state index contributed by atoms with van der Waals surface area (Å²) in [5.41, 5.74) is 4.15. The Balaban J connectivity index is 1.75. The molecule has 0 bridgehead atoms. The summed E-state index contributed by atoms with van der Waals surface area (Å²) in [6, 6.07) is 19.4. The van der Waals surface area contributed by atoms with Crippen LogP contribution in [0.3, 0.4) is 0 Å². The van der Waals surface area contributed by atoms with Crippen LogP contribution >= 0.6 is 0 Å². The van der Waals surface area contributed by atoms with Crippen molar-refractivity contribution in [2.24, 2.45) is 5.84 Å². The smallest absolute Gasteiger partial charge is 0.169 e. The minimum absolute atomic E-state index is 0.442. The van der Waals surface area contributed by atoms with E-state index >= 15 is 0 Å². The molecule has 5 heteroatoms. The Labute approximate surface area is 166 Å². The van der Waals surface area contributed by atoms with Crippen molar-refractivity contribution in [2.75, 3.05) is 19.2 Å². The van der Waals surface area contributed by atoms with Crippen LogP contribution in [-0.2, 0) is 6.61 Å². The zero-order chi connectivity index (χ0) is 20.1. The second kappa shape index (κ2) is 8.67. The minimum Gasteiger partial charge on any atom is -0.493 e. The van der Waals surface area contributed by atoms with Gasteiger partial charge in [-0.05, 0) is 61.4 Å². The standard InChI is InChI=1S/C23H26N2O3/c1-16-8-7-9-20(25(3)24)19(16)15-27-21-13-12-18(14-17(21)2)28-23-11-6-5-10-22(23)26-4/h5-14H,15,24H2,1-4H3. The average Bonchev–Trinajstić information content (AvgIpc) is 2.68. The van der Waals surface area contributed by atoms with Crippen molar-refractivity contribution in [2.45, 2.75) is 20.5 Å². The van der Waals surface area contributed by atoms with Gasteiger partial charge in [0.2, 0.25) is 0 Å². The summed E-state index contributed by atoms with van der Waals surface area (Å²) < 4.78 is 17.4. The number of methoxy groups -OCH3 is 1. The molecule has 28 heavy (non-hydrogen) atoms. The molecule has 5 nitrogen and oxygen atoms in total. The van der Waals surface area contributed by atoms with E-state index in [9.17, 15) is 0 Å². The number of benzene rings is 3. The lowest BCUT2D eigenvalue weighted by Gasteiger charge is -2.20. The van der Waals surface area contributed by atoms with Crippen LogP contribution in [0.25, 0.3) is 0 Å². The molecule has 0 unspecified atom stereocenters. The summed E-state index contributed by atoms with van der Waals surface area (Å²) in [7, 11) is 3.45. The Morgan fingerprint density at radius 1 is 0.857 bits per heavy atom. The van der Waals surface area contributed by atoms with E-state index in [0.717, 1.165) is 33.9 Å². The van der Waals surface area contributed by atoms with Gasteiger partial charge in [0.1, 0.15) is 18.1 Å². The number of nitrogens with zero attached hydrogens (tertiary/aromatic N) is 1.